The van der Waals surface area contributed by atoms with Crippen molar-refractivity contribution in [3.05, 3.63) is 149 Å². The maximum absolute atomic E-state index is 5.85. The van der Waals surface area contributed by atoms with Crippen molar-refractivity contribution in [3.63, 3.8) is 0 Å². The van der Waals surface area contributed by atoms with Gasteiger partial charge in [-0.05, 0) is 59.5 Å². The standard InChI is InChI=1S/C32H24N2O/c1-3-7-26(8-4-1)21-27-14-11-25(12-15-27)13-16-29-22-33-32(34-23-29)30-17-19-31(20-18-30)35-24-28-9-5-2-6-10-28/h1-12,14-15,17-20,22-23H,21,24H2. The van der Waals surface area contributed by atoms with Gasteiger partial charge < -0.3 is 4.74 Å². The molecule has 168 valence electrons. The maximum Gasteiger partial charge on any atom is 0.159 e. The van der Waals surface area contributed by atoms with Gasteiger partial charge in [0, 0.05) is 23.5 Å². The first-order chi connectivity index (χ1) is 17.3. The van der Waals surface area contributed by atoms with Crippen LogP contribution in [0.3, 0.4) is 0 Å². The van der Waals surface area contributed by atoms with E-state index in [4.69, 9.17) is 4.74 Å². The van der Waals surface area contributed by atoms with Crippen molar-refractivity contribution in [2.75, 3.05) is 0 Å². The fourth-order valence-corrected chi connectivity index (χ4v) is 3.66. The fourth-order valence-electron chi connectivity index (χ4n) is 3.66. The van der Waals surface area contributed by atoms with Crippen LogP contribution >= 0.6 is 0 Å². The molecule has 5 aromatic rings. The summed E-state index contributed by atoms with van der Waals surface area (Å²) >= 11 is 0. The van der Waals surface area contributed by atoms with Crippen molar-refractivity contribution in [3.8, 4) is 29.0 Å². The molecule has 3 heteroatoms. The Hall–Kier alpha value is -4.68. The van der Waals surface area contributed by atoms with E-state index in [9.17, 15) is 0 Å². The first kappa shape index (κ1) is 22.1. The summed E-state index contributed by atoms with van der Waals surface area (Å²) in [6.07, 6.45) is 4.45. The average Bonchev–Trinajstić information content (AvgIpc) is 2.93. The average molecular weight is 453 g/mol. The molecule has 5 rings (SSSR count). The van der Waals surface area contributed by atoms with Crippen LogP contribution in [0.4, 0.5) is 0 Å². The van der Waals surface area contributed by atoms with Crippen LogP contribution in [0.2, 0.25) is 0 Å². The molecule has 3 nitrogen and oxygen atoms in total. The molecule has 0 radical (unpaired) electrons. The van der Waals surface area contributed by atoms with E-state index in [1.807, 2.05) is 60.7 Å². The molecule has 0 atom stereocenters. The molecule has 0 amide bonds. The maximum atomic E-state index is 5.85. The normalized spacial score (nSPS) is 10.3. The van der Waals surface area contributed by atoms with Gasteiger partial charge in [0.05, 0.1) is 5.56 Å². The quantitative estimate of drug-likeness (QED) is 0.269. The Labute approximate surface area is 206 Å². The van der Waals surface area contributed by atoms with Gasteiger partial charge in [-0.3, -0.25) is 0 Å². The zero-order chi connectivity index (χ0) is 23.7. The third-order valence-electron chi connectivity index (χ3n) is 5.57. The van der Waals surface area contributed by atoms with Gasteiger partial charge in [-0.2, -0.15) is 0 Å². The molecular formula is C32H24N2O. The lowest BCUT2D eigenvalue weighted by Gasteiger charge is -2.07. The van der Waals surface area contributed by atoms with E-state index in [1.165, 1.54) is 11.1 Å². The third-order valence-corrected chi connectivity index (χ3v) is 5.57. The number of benzene rings is 4. The minimum absolute atomic E-state index is 0.541. The molecule has 35 heavy (non-hydrogen) atoms. The summed E-state index contributed by atoms with van der Waals surface area (Å²) in [4.78, 5) is 8.98. The van der Waals surface area contributed by atoms with Gasteiger partial charge in [0.1, 0.15) is 12.4 Å². The van der Waals surface area contributed by atoms with Gasteiger partial charge in [0.2, 0.25) is 0 Å². The van der Waals surface area contributed by atoms with Crippen molar-refractivity contribution in [1.29, 1.82) is 0 Å². The monoisotopic (exact) mass is 452 g/mol. The second kappa shape index (κ2) is 11.0. The summed E-state index contributed by atoms with van der Waals surface area (Å²) in [6.45, 7) is 0.541. The fraction of sp³-hybridized carbons (Fsp3) is 0.0625. The summed E-state index contributed by atoms with van der Waals surface area (Å²) < 4.78 is 5.85. The van der Waals surface area contributed by atoms with Crippen LogP contribution in [-0.2, 0) is 13.0 Å². The van der Waals surface area contributed by atoms with Gasteiger partial charge in [0.15, 0.2) is 5.82 Å². The number of hydrogen-bond donors (Lipinski definition) is 0. The highest BCUT2D eigenvalue weighted by atomic mass is 16.5. The Morgan fingerprint density at radius 1 is 0.543 bits per heavy atom. The summed E-state index contributed by atoms with van der Waals surface area (Å²) in [5.74, 6) is 7.83. The second-order valence-electron chi connectivity index (χ2n) is 8.20. The zero-order valence-corrected chi connectivity index (χ0v) is 19.3. The number of rotatable bonds is 6. The molecule has 0 unspecified atom stereocenters. The van der Waals surface area contributed by atoms with Crippen molar-refractivity contribution < 1.29 is 4.74 Å². The highest BCUT2D eigenvalue weighted by molar-refractivity contribution is 5.56. The van der Waals surface area contributed by atoms with Gasteiger partial charge in [0.25, 0.3) is 0 Å². The van der Waals surface area contributed by atoms with E-state index in [2.05, 4.69) is 70.3 Å². The smallest absolute Gasteiger partial charge is 0.159 e. The molecule has 0 aliphatic rings. The van der Waals surface area contributed by atoms with Crippen LogP contribution in [-0.4, -0.2) is 9.97 Å². The number of nitrogens with zero attached hydrogens (tertiary/aromatic N) is 2. The molecule has 1 heterocycles. The van der Waals surface area contributed by atoms with Crippen LogP contribution in [0.1, 0.15) is 27.8 Å². The van der Waals surface area contributed by atoms with Gasteiger partial charge >= 0.3 is 0 Å². The Bertz CT molecular complexity index is 1420. The summed E-state index contributed by atoms with van der Waals surface area (Å²) in [6, 6.07) is 36.8. The van der Waals surface area contributed by atoms with E-state index in [0.29, 0.717) is 12.4 Å². The Morgan fingerprint density at radius 3 is 1.77 bits per heavy atom. The van der Waals surface area contributed by atoms with Crippen LogP contribution in [0.15, 0.2) is 122 Å². The number of ether oxygens (including phenoxy) is 1. The first-order valence-corrected chi connectivity index (χ1v) is 11.6. The van der Waals surface area contributed by atoms with E-state index in [1.54, 1.807) is 12.4 Å². The number of hydrogen-bond acceptors (Lipinski definition) is 3. The molecule has 0 bridgehead atoms. The van der Waals surface area contributed by atoms with E-state index in [0.717, 1.165) is 34.4 Å². The van der Waals surface area contributed by atoms with Crippen molar-refractivity contribution in [1.82, 2.24) is 9.97 Å². The lowest BCUT2D eigenvalue weighted by molar-refractivity contribution is 0.306. The highest BCUT2D eigenvalue weighted by Gasteiger charge is 2.03. The van der Waals surface area contributed by atoms with E-state index >= 15 is 0 Å². The van der Waals surface area contributed by atoms with Crippen LogP contribution < -0.4 is 4.74 Å². The van der Waals surface area contributed by atoms with E-state index < -0.39 is 0 Å². The van der Waals surface area contributed by atoms with Crippen molar-refractivity contribution >= 4 is 0 Å². The molecule has 0 saturated carbocycles. The van der Waals surface area contributed by atoms with Crippen molar-refractivity contribution in [2.45, 2.75) is 13.0 Å². The van der Waals surface area contributed by atoms with Gasteiger partial charge in [-0.15, -0.1) is 0 Å². The van der Waals surface area contributed by atoms with Crippen molar-refractivity contribution in [2.24, 2.45) is 0 Å². The molecule has 1 aromatic heterocycles. The van der Waals surface area contributed by atoms with Crippen LogP contribution in [0, 0.1) is 11.8 Å². The summed E-state index contributed by atoms with van der Waals surface area (Å²) in [5.41, 5.74) is 6.40. The molecule has 0 fully saturated rings. The highest BCUT2D eigenvalue weighted by Crippen LogP contribution is 2.20. The third kappa shape index (κ3) is 6.22. The van der Waals surface area contributed by atoms with Crippen LogP contribution in [0.25, 0.3) is 11.4 Å². The molecule has 0 saturated heterocycles. The number of aromatic nitrogens is 2. The van der Waals surface area contributed by atoms with Gasteiger partial charge in [-0.25, -0.2) is 9.97 Å². The molecular weight excluding hydrogens is 428 g/mol. The minimum atomic E-state index is 0.541. The molecule has 0 aliphatic carbocycles. The first-order valence-electron chi connectivity index (χ1n) is 11.6. The summed E-state index contributed by atoms with van der Waals surface area (Å²) in [5, 5.41) is 0. The lowest BCUT2D eigenvalue weighted by atomic mass is 10.0. The molecule has 0 N–H and O–H groups in total. The topological polar surface area (TPSA) is 35.0 Å². The lowest BCUT2D eigenvalue weighted by Crippen LogP contribution is -1.95. The molecule has 4 aromatic carbocycles. The van der Waals surface area contributed by atoms with E-state index in [-0.39, 0.29) is 0 Å². The predicted molar refractivity (Wildman–Crippen MR) is 140 cm³/mol. The minimum Gasteiger partial charge on any atom is -0.489 e. The Balaban J connectivity index is 1.19. The van der Waals surface area contributed by atoms with Crippen LogP contribution in [0.5, 0.6) is 5.75 Å². The zero-order valence-electron chi connectivity index (χ0n) is 19.3. The predicted octanol–water partition coefficient (Wildman–Crippen LogP) is 6.71. The largest absolute Gasteiger partial charge is 0.489 e. The second-order valence-corrected chi connectivity index (χ2v) is 8.20. The summed E-state index contributed by atoms with van der Waals surface area (Å²) in [7, 11) is 0. The molecule has 0 aliphatic heterocycles. The van der Waals surface area contributed by atoms with Gasteiger partial charge in [-0.1, -0.05) is 84.6 Å². The Kier molecular flexibility index (Phi) is 6.93. The molecule has 0 spiro atoms. The SMILES string of the molecule is C(#Cc1cnc(-c2ccc(OCc3ccccc3)cc2)nc1)c1ccc(Cc2ccccc2)cc1. The Morgan fingerprint density at radius 2 is 1.11 bits per heavy atom.